The van der Waals surface area contributed by atoms with Gasteiger partial charge in [-0.05, 0) is 115 Å². The summed E-state index contributed by atoms with van der Waals surface area (Å²) in [5, 5.41) is 8.62. The van der Waals surface area contributed by atoms with Crippen molar-refractivity contribution in [2.45, 2.75) is 46.5 Å². The van der Waals surface area contributed by atoms with E-state index in [1.54, 1.807) is 26.8 Å². The first-order valence-corrected chi connectivity index (χ1v) is 15.9. The number of aliphatic carboxylic acids is 1. The quantitative estimate of drug-likeness (QED) is 0.0447. The molecule has 12 nitrogen and oxygen atoms in total. The maximum Gasteiger partial charge on any atom is 0.355 e. The number of carbonyl (C=O) groups is 4. The highest BCUT2D eigenvalue weighted by Crippen LogP contribution is 2.13. The molecule has 0 heterocycles. The summed E-state index contributed by atoms with van der Waals surface area (Å²) in [6, 6.07) is 15.2. The minimum absolute atomic E-state index is 0.0478. The van der Waals surface area contributed by atoms with Gasteiger partial charge in [0, 0.05) is 20.0 Å². The lowest BCUT2D eigenvalue weighted by atomic mass is 10.2. The highest BCUT2D eigenvalue weighted by atomic mass is 127. The number of carbonyl (C=O) groups excluding carboxylic acids is 3. The van der Waals surface area contributed by atoms with E-state index in [0.29, 0.717) is 13.0 Å². The van der Waals surface area contributed by atoms with Gasteiger partial charge in [0.1, 0.15) is 11.4 Å². The lowest BCUT2D eigenvalue weighted by molar-refractivity contribution is -0.143. The number of hydrazine groups is 2. The van der Waals surface area contributed by atoms with Gasteiger partial charge in [0.2, 0.25) is 0 Å². The summed E-state index contributed by atoms with van der Waals surface area (Å²) in [6.45, 7) is 6.07. The van der Waals surface area contributed by atoms with Crippen LogP contribution >= 0.6 is 45.2 Å². The Labute approximate surface area is 284 Å². The first-order chi connectivity index (χ1) is 21.1. The van der Waals surface area contributed by atoms with Gasteiger partial charge in [0.25, 0.3) is 0 Å². The van der Waals surface area contributed by atoms with Crippen molar-refractivity contribution in [3.05, 3.63) is 79.2 Å². The van der Waals surface area contributed by atoms with Gasteiger partial charge in [-0.1, -0.05) is 24.3 Å². The molecule has 0 aliphatic carbocycles. The third-order valence-corrected chi connectivity index (χ3v) is 6.37. The molecule has 0 aliphatic heterocycles. The number of hydrogen-bond donors (Lipinski definition) is 5. The molecule has 0 radical (unpaired) electrons. The lowest BCUT2D eigenvalue weighted by Crippen LogP contribution is -2.27. The first kappa shape index (κ1) is 38.5. The number of anilines is 2. The molecule has 0 spiro atoms. The van der Waals surface area contributed by atoms with Crippen LogP contribution in [0.2, 0.25) is 0 Å². The molecule has 0 bridgehead atoms. The molecular formula is C30H38I2N4O8. The Morgan fingerprint density at radius 1 is 0.705 bits per heavy atom. The largest absolute Gasteiger partial charge is 0.481 e. The lowest BCUT2D eigenvalue weighted by Gasteiger charge is -2.13. The van der Waals surface area contributed by atoms with E-state index in [2.05, 4.69) is 66.9 Å². The van der Waals surface area contributed by atoms with Crippen molar-refractivity contribution in [1.29, 1.82) is 0 Å². The van der Waals surface area contributed by atoms with Crippen molar-refractivity contribution in [3.8, 4) is 0 Å². The number of rotatable bonds is 17. The van der Waals surface area contributed by atoms with Crippen LogP contribution in [0.15, 0.2) is 72.1 Å². The van der Waals surface area contributed by atoms with Gasteiger partial charge in [-0.25, -0.2) is 9.59 Å². The number of halogens is 2. The smallest absolute Gasteiger partial charge is 0.355 e. The molecule has 0 aromatic heterocycles. The van der Waals surface area contributed by atoms with Crippen molar-refractivity contribution in [2.24, 2.45) is 0 Å². The molecule has 0 fully saturated rings. The van der Waals surface area contributed by atoms with Gasteiger partial charge >= 0.3 is 23.9 Å². The van der Waals surface area contributed by atoms with Crippen LogP contribution in [0.3, 0.4) is 0 Å². The summed E-state index contributed by atoms with van der Waals surface area (Å²) in [4.78, 5) is 45.5. The Hall–Kier alpha value is -3.54. The molecule has 2 aromatic rings. The molecule has 44 heavy (non-hydrogen) atoms. The molecule has 14 heteroatoms. The predicted octanol–water partition coefficient (Wildman–Crippen LogP) is 5.52. The van der Waals surface area contributed by atoms with Crippen molar-refractivity contribution in [3.63, 3.8) is 0 Å². The number of nitrogens with one attached hydrogen (secondary N) is 4. The topological polar surface area (TPSA) is 164 Å². The Kier molecular flexibility index (Phi) is 20.1. The molecule has 0 aliphatic rings. The highest BCUT2D eigenvalue weighted by Gasteiger charge is 2.12. The second-order valence-electron chi connectivity index (χ2n) is 8.47. The normalized spacial score (nSPS) is 10.8. The van der Waals surface area contributed by atoms with Crippen LogP contribution in [0, 0.1) is 7.14 Å². The highest BCUT2D eigenvalue weighted by molar-refractivity contribution is 14.1. The third-order valence-electron chi connectivity index (χ3n) is 5.03. The molecule has 240 valence electrons. The summed E-state index contributed by atoms with van der Waals surface area (Å²) in [7, 11) is 0. The van der Waals surface area contributed by atoms with Gasteiger partial charge in [-0.2, -0.15) is 0 Å². The van der Waals surface area contributed by atoms with Crippen molar-refractivity contribution >= 4 is 80.4 Å². The van der Waals surface area contributed by atoms with Gasteiger partial charge < -0.3 is 30.2 Å². The van der Waals surface area contributed by atoms with Crippen LogP contribution in [0.5, 0.6) is 0 Å². The van der Waals surface area contributed by atoms with E-state index in [0.717, 1.165) is 18.5 Å². The number of carboxylic acids is 1. The van der Waals surface area contributed by atoms with Crippen LogP contribution in [0.4, 0.5) is 11.4 Å². The fourth-order valence-corrected chi connectivity index (χ4v) is 4.19. The van der Waals surface area contributed by atoms with Gasteiger partial charge in [-0.3, -0.25) is 20.4 Å². The van der Waals surface area contributed by atoms with E-state index in [1.165, 1.54) is 6.08 Å². The Morgan fingerprint density at radius 3 is 1.52 bits per heavy atom. The average molecular weight is 836 g/mol. The van der Waals surface area contributed by atoms with Crippen LogP contribution in [0.1, 0.15) is 46.5 Å². The van der Waals surface area contributed by atoms with Crippen molar-refractivity contribution < 1.29 is 38.5 Å². The second-order valence-corrected chi connectivity index (χ2v) is 11.0. The summed E-state index contributed by atoms with van der Waals surface area (Å²) in [5.74, 6) is -2.21. The molecule has 5 N–H and O–H groups in total. The molecule has 0 amide bonds. The van der Waals surface area contributed by atoms with E-state index in [1.807, 2.05) is 48.5 Å². The second kappa shape index (κ2) is 22.9. The Bertz CT molecular complexity index is 1290. The zero-order chi connectivity index (χ0) is 32.7. The molecular weight excluding hydrogens is 798 g/mol. The van der Waals surface area contributed by atoms with Gasteiger partial charge in [-0.15, -0.1) is 0 Å². The van der Waals surface area contributed by atoms with Crippen LogP contribution in [0.25, 0.3) is 0 Å². The van der Waals surface area contributed by atoms with E-state index in [4.69, 9.17) is 19.3 Å². The van der Waals surface area contributed by atoms with Crippen molar-refractivity contribution in [2.75, 3.05) is 30.7 Å². The van der Waals surface area contributed by atoms with E-state index < -0.39 is 17.9 Å². The fourth-order valence-electron chi connectivity index (χ4n) is 3.11. The van der Waals surface area contributed by atoms with E-state index in [9.17, 15) is 19.2 Å². The number of esters is 3. The minimum atomic E-state index is -0.917. The molecule has 0 saturated heterocycles. The standard InChI is InChI=1S/C16H21IN2O4.C14H17IN2O4/c1-3-22-15(20)10-6-9-14(16(21)23-4-2)19-18-13-8-5-7-12(17)11-13;1-2-21-14(20)12(7-4-8-13(18)19)17-16-11-6-3-5-10(15)9-11/h5,7-9,11,18-19H,3-4,6,10H2,1-2H3;3,5-7,9,16-17H,2,4,8H2,1H3,(H,18,19)/b14-9+;12-7+. The third kappa shape index (κ3) is 17.5. The summed E-state index contributed by atoms with van der Waals surface area (Å²) >= 11 is 4.38. The molecule has 0 atom stereocenters. The summed E-state index contributed by atoms with van der Waals surface area (Å²) in [5.41, 5.74) is 13.5. The van der Waals surface area contributed by atoms with E-state index >= 15 is 0 Å². The summed E-state index contributed by atoms with van der Waals surface area (Å²) in [6.07, 6.45) is 3.91. The van der Waals surface area contributed by atoms with Crippen LogP contribution in [-0.4, -0.2) is 48.8 Å². The number of allylic oxidation sites excluding steroid dienone is 2. The van der Waals surface area contributed by atoms with Gasteiger partial charge in [0.15, 0.2) is 0 Å². The zero-order valence-electron chi connectivity index (χ0n) is 24.8. The van der Waals surface area contributed by atoms with Gasteiger partial charge in [0.05, 0.1) is 31.2 Å². The molecule has 2 aromatic carbocycles. The zero-order valence-corrected chi connectivity index (χ0v) is 29.1. The predicted molar refractivity (Wildman–Crippen MR) is 184 cm³/mol. The number of benzene rings is 2. The number of hydrogen-bond acceptors (Lipinski definition) is 11. The van der Waals surface area contributed by atoms with Crippen LogP contribution < -0.4 is 21.7 Å². The Morgan fingerprint density at radius 2 is 1.14 bits per heavy atom. The van der Waals surface area contributed by atoms with E-state index in [-0.39, 0.29) is 49.8 Å². The molecule has 2 rings (SSSR count). The first-order valence-electron chi connectivity index (χ1n) is 13.8. The molecule has 0 unspecified atom stereocenters. The van der Waals surface area contributed by atoms with Crippen LogP contribution in [-0.2, 0) is 33.4 Å². The number of ether oxygens (including phenoxy) is 3. The Balaban J connectivity index is 0.000000442. The minimum Gasteiger partial charge on any atom is -0.481 e. The average Bonchev–Trinajstić information content (AvgIpc) is 2.97. The monoisotopic (exact) mass is 836 g/mol. The SMILES string of the molecule is CCOC(=O)/C(=C\CCC(=O)O)NNc1cccc(I)c1.CCOC(=O)CC/C=C(/NNc1cccc(I)c1)C(=O)OCC. The molecule has 0 saturated carbocycles. The summed E-state index contributed by atoms with van der Waals surface area (Å²) < 4.78 is 16.9. The van der Waals surface area contributed by atoms with Crippen molar-refractivity contribution in [1.82, 2.24) is 10.9 Å². The number of carboxylic acid groups (broad SMARTS) is 1. The maximum absolute atomic E-state index is 11.9. The maximum atomic E-state index is 11.9. The fraction of sp³-hybridized carbons (Fsp3) is 0.333.